The molecule has 0 bridgehead atoms. The normalized spacial score (nSPS) is 12.2. The van der Waals surface area contributed by atoms with Crippen LogP contribution in [0.5, 0.6) is 0 Å². The molecule has 3 nitrogen and oxygen atoms in total. The van der Waals surface area contributed by atoms with Gasteiger partial charge in [0.05, 0.1) is 22.3 Å². The largest absolute Gasteiger partial charge is 0.416 e. The molecule has 1 amide bonds. The maximum Gasteiger partial charge on any atom is 0.416 e. The first kappa shape index (κ1) is 18.7. The number of amides is 1. The molecule has 0 spiro atoms. The van der Waals surface area contributed by atoms with Gasteiger partial charge in [-0.1, -0.05) is 18.2 Å². The summed E-state index contributed by atoms with van der Waals surface area (Å²) in [6.45, 7) is 0. The number of nitrogens with zero attached hydrogens (tertiary/aromatic N) is 1. The number of benzene rings is 2. The van der Waals surface area contributed by atoms with Gasteiger partial charge < -0.3 is 5.32 Å². The summed E-state index contributed by atoms with van der Waals surface area (Å²) in [5.41, 5.74) is -3.34. The summed E-state index contributed by atoms with van der Waals surface area (Å²) in [7, 11) is 0. The van der Waals surface area contributed by atoms with Crippen molar-refractivity contribution in [3.63, 3.8) is 0 Å². The molecule has 0 unspecified atom stereocenters. The fourth-order valence-electron chi connectivity index (χ4n) is 2.49. The Morgan fingerprint density at radius 1 is 0.852 bits per heavy atom. The Morgan fingerprint density at radius 2 is 1.44 bits per heavy atom. The fourth-order valence-corrected chi connectivity index (χ4v) is 2.49. The van der Waals surface area contributed by atoms with Gasteiger partial charge in [-0.05, 0) is 30.3 Å². The third-order valence-corrected chi connectivity index (χ3v) is 3.73. The number of hydrogen-bond acceptors (Lipinski definition) is 2. The van der Waals surface area contributed by atoms with E-state index >= 15 is 0 Å². The van der Waals surface area contributed by atoms with Crippen LogP contribution in [0.15, 0.2) is 54.7 Å². The molecule has 140 valence electrons. The highest BCUT2D eigenvalue weighted by Crippen LogP contribution is 2.36. The fraction of sp³-hybridized carbons (Fsp3) is 0.111. The molecule has 1 N–H and O–H groups in total. The highest BCUT2D eigenvalue weighted by molar-refractivity contribution is 6.08. The summed E-state index contributed by atoms with van der Waals surface area (Å²) in [5, 5.41) is 2.97. The van der Waals surface area contributed by atoms with E-state index in [4.69, 9.17) is 0 Å². The van der Waals surface area contributed by atoms with Gasteiger partial charge in [0.25, 0.3) is 5.91 Å². The van der Waals surface area contributed by atoms with E-state index in [1.807, 2.05) is 0 Å². The molecule has 0 fully saturated rings. The van der Waals surface area contributed by atoms with E-state index in [1.165, 1.54) is 12.3 Å². The zero-order valence-corrected chi connectivity index (χ0v) is 13.3. The van der Waals surface area contributed by atoms with E-state index in [1.54, 1.807) is 24.3 Å². The third kappa shape index (κ3) is 4.02. The van der Waals surface area contributed by atoms with Gasteiger partial charge in [-0.15, -0.1) is 0 Å². The Morgan fingerprint density at radius 3 is 2.04 bits per heavy atom. The van der Waals surface area contributed by atoms with Crippen molar-refractivity contribution in [3.8, 4) is 0 Å². The predicted octanol–water partition coefficient (Wildman–Crippen LogP) is 5.52. The number of aromatic nitrogens is 1. The Balaban J connectivity index is 2.03. The lowest BCUT2D eigenvalue weighted by Crippen LogP contribution is -2.17. The van der Waals surface area contributed by atoms with E-state index in [2.05, 4.69) is 10.3 Å². The Bertz CT molecular complexity index is 973. The molecule has 3 rings (SSSR count). The molecule has 0 aliphatic carbocycles. The van der Waals surface area contributed by atoms with Crippen LogP contribution in [0.25, 0.3) is 10.9 Å². The monoisotopic (exact) mass is 384 g/mol. The second-order valence-electron chi connectivity index (χ2n) is 5.63. The van der Waals surface area contributed by atoms with Crippen molar-refractivity contribution in [2.24, 2.45) is 0 Å². The van der Waals surface area contributed by atoms with E-state index in [0.29, 0.717) is 23.0 Å². The average Bonchev–Trinajstić information content (AvgIpc) is 2.60. The molecular weight excluding hydrogens is 374 g/mol. The standard InChI is InChI=1S/C18H10F6N2O/c19-17(20,21)12-7-11(8-13(9-12)18(22,23)24)16(27)26-14-5-1-3-10-4-2-6-25-15(10)14/h1-9H,(H,26,27). The third-order valence-electron chi connectivity index (χ3n) is 3.73. The van der Waals surface area contributed by atoms with E-state index in [0.717, 1.165) is 0 Å². The molecular formula is C18H10F6N2O. The van der Waals surface area contributed by atoms with Gasteiger partial charge in [0.15, 0.2) is 0 Å². The molecule has 0 atom stereocenters. The molecule has 2 aromatic carbocycles. The number of carbonyl (C=O) groups excluding carboxylic acids is 1. The maximum atomic E-state index is 12.9. The van der Waals surface area contributed by atoms with Gasteiger partial charge in [-0.2, -0.15) is 26.3 Å². The molecule has 0 saturated carbocycles. The molecule has 0 aliphatic heterocycles. The van der Waals surface area contributed by atoms with Crippen LogP contribution in [-0.4, -0.2) is 10.9 Å². The number of rotatable bonds is 2. The summed E-state index contributed by atoms with van der Waals surface area (Å²) in [6, 6.07) is 8.80. The molecule has 27 heavy (non-hydrogen) atoms. The number of anilines is 1. The van der Waals surface area contributed by atoms with Gasteiger partial charge in [0, 0.05) is 17.1 Å². The van der Waals surface area contributed by atoms with Crippen LogP contribution in [0.3, 0.4) is 0 Å². The van der Waals surface area contributed by atoms with Crippen molar-refractivity contribution < 1.29 is 31.1 Å². The van der Waals surface area contributed by atoms with Crippen molar-refractivity contribution >= 4 is 22.5 Å². The summed E-state index contributed by atoms with van der Waals surface area (Å²) in [5.74, 6) is -1.11. The smallest absolute Gasteiger partial charge is 0.320 e. The summed E-state index contributed by atoms with van der Waals surface area (Å²) in [6.07, 6.45) is -8.61. The summed E-state index contributed by atoms with van der Waals surface area (Å²) < 4.78 is 77.6. The first-order valence-electron chi connectivity index (χ1n) is 7.50. The average molecular weight is 384 g/mol. The minimum Gasteiger partial charge on any atom is -0.320 e. The minimum absolute atomic E-state index is 0.0315. The Labute approximate surface area is 148 Å². The lowest BCUT2D eigenvalue weighted by atomic mass is 10.0. The molecule has 0 aliphatic rings. The molecule has 9 heteroatoms. The van der Waals surface area contributed by atoms with E-state index in [-0.39, 0.29) is 11.8 Å². The minimum atomic E-state index is -5.03. The van der Waals surface area contributed by atoms with Gasteiger partial charge in [-0.3, -0.25) is 9.78 Å². The number of para-hydroxylation sites is 1. The Kier molecular flexibility index (Phi) is 4.54. The van der Waals surface area contributed by atoms with Gasteiger partial charge in [0.2, 0.25) is 0 Å². The zero-order chi connectivity index (χ0) is 19.8. The van der Waals surface area contributed by atoms with Crippen molar-refractivity contribution in [2.45, 2.75) is 12.4 Å². The molecule has 1 heterocycles. The molecule has 3 aromatic rings. The van der Waals surface area contributed by atoms with E-state index in [9.17, 15) is 31.1 Å². The van der Waals surface area contributed by atoms with Crippen LogP contribution >= 0.6 is 0 Å². The van der Waals surface area contributed by atoms with Crippen LogP contribution in [0, 0.1) is 0 Å². The van der Waals surface area contributed by atoms with Gasteiger partial charge in [-0.25, -0.2) is 0 Å². The van der Waals surface area contributed by atoms with Gasteiger partial charge >= 0.3 is 12.4 Å². The first-order valence-corrected chi connectivity index (χ1v) is 7.50. The topological polar surface area (TPSA) is 42.0 Å². The highest BCUT2D eigenvalue weighted by atomic mass is 19.4. The second-order valence-corrected chi connectivity index (χ2v) is 5.63. The summed E-state index contributed by atoms with van der Waals surface area (Å²) >= 11 is 0. The molecule has 0 saturated heterocycles. The maximum absolute atomic E-state index is 12.9. The molecule has 1 aromatic heterocycles. The predicted molar refractivity (Wildman–Crippen MR) is 86.1 cm³/mol. The SMILES string of the molecule is O=C(Nc1cccc2cccnc12)c1cc(C(F)(F)F)cc(C(F)(F)F)c1. The second kappa shape index (κ2) is 6.57. The van der Waals surface area contributed by atoms with Crippen LogP contribution in [0.1, 0.15) is 21.5 Å². The number of pyridine rings is 1. The number of fused-ring (bicyclic) bond motifs is 1. The Hall–Kier alpha value is -3.10. The zero-order valence-electron chi connectivity index (χ0n) is 13.3. The number of hydrogen-bond donors (Lipinski definition) is 1. The lowest BCUT2D eigenvalue weighted by molar-refractivity contribution is -0.143. The number of nitrogens with one attached hydrogen (secondary N) is 1. The van der Waals surface area contributed by atoms with Crippen molar-refractivity contribution in [1.29, 1.82) is 0 Å². The first-order chi connectivity index (χ1) is 12.6. The van der Waals surface area contributed by atoms with Crippen molar-refractivity contribution in [1.82, 2.24) is 4.98 Å². The van der Waals surface area contributed by atoms with Crippen LogP contribution in [0.2, 0.25) is 0 Å². The number of alkyl halides is 6. The van der Waals surface area contributed by atoms with Crippen LogP contribution in [-0.2, 0) is 12.4 Å². The quantitative estimate of drug-likeness (QED) is 0.591. The van der Waals surface area contributed by atoms with Crippen LogP contribution in [0.4, 0.5) is 32.0 Å². The number of halogens is 6. The highest BCUT2D eigenvalue weighted by Gasteiger charge is 2.37. The van der Waals surface area contributed by atoms with Crippen molar-refractivity contribution in [3.05, 3.63) is 71.4 Å². The lowest BCUT2D eigenvalue weighted by Gasteiger charge is -2.14. The van der Waals surface area contributed by atoms with Crippen LogP contribution < -0.4 is 5.32 Å². The van der Waals surface area contributed by atoms with E-state index < -0.39 is 35.0 Å². The number of carbonyl (C=O) groups is 1. The van der Waals surface area contributed by atoms with Gasteiger partial charge in [0.1, 0.15) is 0 Å². The molecule has 0 radical (unpaired) electrons. The van der Waals surface area contributed by atoms with Crippen molar-refractivity contribution in [2.75, 3.05) is 5.32 Å². The summed E-state index contributed by atoms with van der Waals surface area (Å²) in [4.78, 5) is 16.4.